The first-order valence-corrected chi connectivity index (χ1v) is 5.43. The zero-order valence-electron chi connectivity index (χ0n) is 7.72. The fourth-order valence-corrected chi connectivity index (χ4v) is 1.74. The molecule has 0 saturated heterocycles. The summed E-state index contributed by atoms with van der Waals surface area (Å²) in [5, 5.41) is 0. The standard InChI is InChI=1S/C11H7IN2O/c12-11-9(13-6-7-14-11)10(15)8-4-2-1-3-5-8/h1-7H. The van der Waals surface area contributed by atoms with Crippen LogP contribution in [0.5, 0.6) is 0 Å². The van der Waals surface area contributed by atoms with Crippen LogP contribution in [-0.2, 0) is 0 Å². The number of carbonyl (C=O) groups excluding carboxylic acids is 1. The van der Waals surface area contributed by atoms with Gasteiger partial charge in [0.25, 0.3) is 0 Å². The fraction of sp³-hybridized carbons (Fsp3) is 0. The largest absolute Gasteiger partial charge is 0.287 e. The maximum absolute atomic E-state index is 12.0. The van der Waals surface area contributed by atoms with Crippen molar-refractivity contribution in [3.05, 3.63) is 57.7 Å². The zero-order valence-corrected chi connectivity index (χ0v) is 9.88. The number of halogens is 1. The highest BCUT2D eigenvalue weighted by molar-refractivity contribution is 14.1. The van der Waals surface area contributed by atoms with E-state index in [2.05, 4.69) is 9.97 Å². The second kappa shape index (κ2) is 4.48. The Morgan fingerprint density at radius 1 is 1.07 bits per heavy atom. The SMILES string of the molecule is O=C(c1ccccc1)c1nccnc1I. The van der Waals surface area contributed by atoms with Crippen LogP contribution in [0.3, 0.4) is 0 Å². The average Bonchev–Trinajstić information content (AvgIpc) is 2.30. The molecule has 2 aromatic rings. The lowest BCUT2D eigenvalue weighted by atomic mass is 10.1. The first kappa shape index (κ1) is 10.2. The minimum absolute atomic E-state index is 0.0897. The number of hydrogen-bond acceptors (Lipinski definition) is 3. The van der Waals surface area contributed by atoms with Gasteiger partial charge in [0.15, 0.2) is 0 Å². The van der Waals surface area contributed by atoms with Gasteiger partial charge in [-0.05, 0) is 22.6 Å². The highest BCUT2D eigenvalue weighted by Crippen LogP contribution is 2.11. The molecular formula is C11H7IN2O. The topological polar surface area (TPSA) is 42.9 Å². The quantitative estimate of drug-likeness (QED) is 0.631. The lowest BCUT2D eigenvalue weighted by Crippen LogP contribution is -2.07. The summed E-state index contributed by atoms with van der Waals surface area (Å²) in [6, 6.07) is 9.07. The molecule has 0 fully saturated rings. The van der Waals surface area contributed by atoms with Crippen molar-refractivity contribution in [3.8, 4) is 0 Å². The Labute approximate surface area is 101 Å². The summed E-state index contributed by atoms with van der Waals surface area (Å²) in [5.41, 5.74) is 1.04. The molecule has 0 unspecified atom stereocenters. The summed E-state index contributed by atoms with van der Waals surface area (Å²) in [5.74, 6) is -0.0897. The number of aromatic nitrogens is 2. The summed E-state index contributed by atoms with van der Waals surface area (Å²) < 4.78 is 0.629. The summed E-state index contributed by atoms with van der Waals surface area (Å²) in [7, 11) is 0. The Balaban J connectivity index is 2.42. The van der Waals surface area contributed by atoms with Gasteiger partial charge in [-0.25, -0.2) is 9.97 Å². The van der Waals surface area contributed by atoms with Gasteiger partial charge in [-0.3, -0.25) is 4.79 Å². The number of nitrogens with zero attached hydrogens (tertiary/aromatic N) is 2. The second-order valence-electron chi connectivity index (χ2n) is 2.89. The van der Waals surface area contributed by atoms with E-state index in [0.29, 0.717) is 15.0 Å². The zero-order chi connectivity index (χ0) is 10.7. The van der Waals surface area contributed by atoms with E-state index in [4.69, 9.17) is 0 Å². The maximum Gasteiger partial charge on any atom is 0.214 e. The van der Waals surface area contributed by atoms with Crippen molar-refractivity contribution in [2.75, 3.05) is 0 Å². The van der Waals surface area contributed by atoms with Crippen molar-refractivity contribution >= 4 is 28.4 Å². The van der Waals surface area contributed by atoms with Crippen LogP contribution in [0.2, 0.25) is 0 Å². The molecule has 0 N–H and O–H groups in total. The number of benzene rings is 1. The summed E-state index contributed by atoms with van der Waals surface area (Å²) in [6.45, 7) is 0. The van der Waals surface area contributed by atoms with Crippen LogP contribution in [0, 0.1) is 3.70 Å². The van der Waals surface area contributed by atoms with Gasteiger partial charge < -0.3 is 0 Å². The maximum atomic E-state index is 12.0. The molecule has 0 spiro atoms. The molecule has 15 heavy (non-hydrogen) atoms. The van der Waals surface area contributed by atoms with E-state index < -0.39 is 0 Å². The predicted octanol–water partition coefficient (Wildman–Crippen LogP) is 2.31. The van der Waals surface area contributed by atoms with Gasteiger partial charge in [0.1, 0.15) is 9.39 Å². The Kier molecular flexibility index (Phi) is 3.05. The Morgan fingerprint density at radius 3 is 2.40 bits per heavy atom. The Hall–Kier alpha value is -1.30. The van der Waals surface area contributed by atoms with Gasteiger partial charge in [-0.2, -0.15) is 0 Å². The molecule has 1 heterocycles. The summed E-state index contributed by atoms with van der Waals surface area (Å²) in [6.07, 6.45) is 3.10. The molecule has 2 rings (SSSR count). The minimum atomic E-state index is -0.0897. The molecule has 1 aromatic carbocycles. The molecule has 0 bridgehead atoms. The smallest absolute Gasteiger partial charge is 0.214 e. The van der Waals surface area contributed by atoms with E-state index in [1.807, 2.05) is 40.8 Å². The first-order chi connectivity index (χ1) is 7.29. The lowest BCUT2D eigenvalue weighted by molar-refractivity contribution is 0.103. The first-order valence-electron chi connectivity index (χ1n) is 4.35. The minimum Gasteiger partial charge on any atom is -0.287 e. The highest BCUT2D eigenvalue weighted by Gasteiger charge is 2.13. The molecule has 0 aliphatic carbocycles. The molecule has 0 amide bonds. The molecule has 0 saturated carbocycles. The number of hydrogen-bond donors (Lipinski definition) is 0. The van der Waals surface area contributed by atoms with Gasteiger partial charge in [0.2, 0.25) is 5.78 Å². The monoisotopic (exact) mass is 310 g/mol. The van der Waals surface area contributed by atoms with E-state index >= 15 is 0 Å². The van der Waals surface area contributed by atoms with Crippen molar-refractivity contribution in [1.29, 1.82) is 0 Å². The van der Waals surface area contributed by atoms with Crippen molar-refractivity contribution in [2.24, 2.45) is 0 Å². The van der Waals surface area contributed by atoms with E-state index in [-0.39, 0.29) is 5.78 Å². The molecule has 0 atom stereocenters. The Morgan fingerprint density at radius 2 is 1.73 bits per heavy atom. The molecule has 0 aliphatic rings. The normalized spacial score (nSPS) is 9.93. The van der Waals surface area contributed by atoms with E-state index in [9.17, 15) is 4.79 Å². The average molecular weight is 310 g/mol. The third-order valence-electron chi connectivity index (χ3n) is 1.90. The molecular weight excluding hydrogens is 303 g/mol. The van der Waals surface area contributed by atoms with E-state index in [1.165, 1.54) is 6.20 Å². The molecule has 74 valence electrons. The molecule has 0 aliphatic heterocycles. The summed E-state index contributed by atoms with van der Waals surface area (Å²) in [4.78, 5) is 20.0. The van der Waals surface area contributed by atoms with Crippen LogP contribution in [-0.4, -0.2) is 15.8 Å². The Bertz CT molecular complexity index is 485. The number of ketones is 1. The van der Waals surface area contributed by atoms with Gasteiger partial charge in [0.05, 0.1) is 0 Å². The molecule has 3 nitrogen and oxygen atoms in total. The van der Waals surface area contributed by atoms with E-state index in [0.717, 1.165) is 0 Å². The number of rotatable bonds is 2. The van der Waals surface area contributed by atoms with Gasteiger partial charge in [-0.15, -0.1) is 0 Å². The molecule has 4 heteroatoms. The van der Waals surface area contributed by atoms with Crippen LogP contribution in [0.1, 0.15) is 16.1 Å². The van der Waals surface area contributed by atoms with Gasteiger partial charge in [0, 0.05) is 18.0 Å². The van der Waals surface area contributed by atoms with Crippen LogP contribution < -0.4 is 0 Å². The van der Waals surface area contributed by atoms with Gasteiger partial charge in [-0.1, -0.05) is 30.3 Å². The van der Waals surface area contributed by atoms with Crippen LogP contribution in [0.15, 0.2) is 42.7 Å². The third kappa shape index (κ3) is 2.20. The fourth-order valence-electron chi connectivity index (χ4n) is 1.20. The van der Waals surface area contributed by atoms with Crippen LogP contribution in [0.4, 0.5) is 0 Å². The van der Waals surface area contributed by atoms with Crippen molar-refractivity contribution < 1.29 is 4.79 Å². The van der Waals surface area contributed by atoms with Crippen LogP contribution >= 0.6 is 22.6 Å². The number of carbonyl (C=O) groups is 1. The highest BCUT2D eigenvalue weighted by atomic mass is 127. The molecule has 0 radical (unpaired) electrons. The van der Waals surface area contributed by atoms with Gasteiger partial charge >= 0.3 is 0 Å². The van der Waals surface area contributed by atoms with Crippen molar-refractivity contribution in [3.63, 3.8) is 0 Å². The summed E-state index contributed by atoms with van der Waals surface area (Å²) >= 11 is 2.01. The molecule has 1 aromatic heterocycles. The third-order valence-corrected chi connectivity index (χ3v) is 2.69. The second-order valence-corrected chi connectivity index (χ2v) is 3.91. The lowest BCUT2D eigenvalue weighted by Gasteiger charge is -2.00. The van der Waals surface area contributed by atoms with E-state index in [1.54, 1.807) is 18.3 Å². The van der Waals surface area contributed by atoms with Crippen LogP contribution in [0.25, 0.3) is 0 Å². The van der Waals surface area contributed by atoms with Crippen molar-refractivity contribution in [2.45, 2.75) is 0 Å². The van der Waals surface area contributed by atoms with Crippen molar-refractivity contribution in [1.82, 2.24) is 9.97 Å². The predicted molar refractivity (Wildman–Crippen MR) is 64.6 cm³/mol.